The van der Waals surface area contributed by atoms with Crippen LogP contribution < -0.4 is 5.32 Å². The molecule has 3 N–H and O–H groups in total. The summed E-state index contributed by atoms with van der Waals surface area (Å²) in [5.41, 5.74) is 6.77. The minimum Gasteiger partial charge on any atom is -0.338 e. The van der Waals surface area contributed by atoms with Crippen LogP contribution in [0.2, 0.25) is 0 Å². The molecule has 6 nitrogen and oxygen atoms in total. The van der Waals surface area contributed by atoms with E-state index in [4.69, 9.17) is 4.98 Å². The zero-order valence-corrected chi connectivity index (χ0v) is 13.0. The molecule has 6 heteroatoms. The summed E-state index contributed by atoms with van der Waals surface area (Å²) in [6, 6.07) is 10.2. The molecular weight excluding hydrogens is 300 g/mol. The number of hydrogen-bond donors (Lipinski definition) is 3. The molecule has 0 fully saturated rings. The smallest absolute Gasteiger partial charge is 0.137 e. The summed E-state index contributed by atoms with van der Waals surface area (Å²) in [5, 5.41) is 11.9. The van der Waals surface area contributed by atoms with E-state index in [0.717, 1.165) is 58.7 Å². The SMILES string of the molecule is C1=C(c2ccc3[nH]nc(-c4cc5cccnc5[nH]4)c3n2)CCNC1. The Morgan fingerprint density at radius 1 is 1.12 bits per heavy atom. The van der Waals surface area contributed by atoms with E-state index in [1.165, 1.54) is 5.57 Å². The van der Waals surface area contributed by atoms with Crippen molar-refractivity contribution in [2.75, 3.05) is 13.1 Å². The van der Waals surface area contributed by atoms with Gasteiger partial charge in [-0.2, -0.15) is 5.10 Å². The van der Waals surface area contributed by atoms with Crippen LogP contribution in [0.4, 0.5) is 0 Å². The van der Waals surface area contributed by atoms with Gasteiger partial charge in [0.1, 0.15) is 16.9 Å². The Morgan fingerprint density at radius 2 is 2.12 bits per heavy atom. The molecule has 0 aliphatic carbocycles. The highest BCUT2D eigenvalue weighted by Crippen LogP contribution is 2.28. The molecule has 0 aromatic carbocycles. The van der Waals surface area contributed by atoms with E-state index in [2.05, 4.69) is 49.8 Å². The molecule has 4 aromatic rings. The minimum absolute atomic E-state index is 0.833. The van der Waals surface area contributed by atoms with Crippen LogP contribution in [0.5, 0.6) is 0 Å². The maximum absolute atomic E-state index is 4.88. The number of nitrogens with zero attached hydrogens (tertiary/aromatic N) is 3. The number of aromatic amines is 2. The van der Waals surface area contributed by atoms with Crippen molar-refractivity contribution in [2.45, 2.75) is 6.42 Å². The van der Waals surface area contributed by atoms with Crippen molar-refractivity contribution in [1.82, 2.24) is 30.5 Å². The van der Waals surface area contributed by atoms with Crippen LogP contribution in [-0.2, 0) is 0 Å². The van der Waals surface area contributed by atoms with Gasteiger partial charge in [0.25, 0.3) is 0 Å². The van der Waals surface area contributed by atoms with E-state index < -0.39 is 0 Å². The maximum atomic E-state index is 4.88. The van der Waals surface area contributed by atoms with Gasteiger partial charge in [-0.3, -0.25) is 5.10 Å². The second kappa shape index (κ2) is 5.28. The first kappa shape index (κ1) is 13.4. The lowest BCUT2D eigenvalue weighted by Crippen LogP contribution is -2.20. The number of H-pyrrole nitrogens is 2. The molecule has 0 unspecified atom stereocenters. The Labute approximate surface area is 138 Å². The van der Waals surface area contributed by atoms with Gasteiger partial charge < -0.3 is 10.3 Å². The molecule has 1 aliphatic heterocycles. The molecule has 118 valence electrons. The number of pyridine rings is 2. The Bertz CT molecular complexity index is 1040. The van der Waals surface area contributed by atoms with Crippen molar-refractivity contribution in [3.8, 4) is 11.4 Å². The van der Waals surface area contributed by atoms with Crippen LogP contribution in [0.15, 0.2) is 42.6 Å². The van der Waals surface area contributed by atoms with Crippen molar-refractivity contribution in [3.63, 3.8) is 0 Å². The van der Waals surface area contributed by atoms with E-state index in [-0.39, 0.29) is 0 Å². The lowest BCUT2D eigenvalue weighted by molar-refractivity contribution is 0.737. The molecule has 1 aliphatic rings. The molecule has 4 aromatic heterocycles. The minimum atomic E-state index is 0.833. The second-order valence-electron chi connectivity index (χ2n) is 5.97. The van der Waals surface area contributed by atoms with Gasteiger partial charge in [0, 0.05) is 18.1 Å². The third-order valence-electron chi connectivity index (χ3n) is 4.45. The van der Waals surface area contributed by atoms with Gasteiger partial charge in [0.05, 0.1) is 16.9 Å². The molecule has 0 saturated carbocycles. The van der Waals surface area contributed by atoms with Gasteiger partial charge in [-0.25, -0.2) is 9.97 Å². The Morgan fingerprint density at radius 3 is 3.00 bits per heavy atom. The molecule has 0 atom stereocenters. The van der Waals surface area contributed by atoms with Crippen LogP contribution >= 0.6 is 0 Å². The predicted molar refractivity (Wildman–Crippen MR) is 94.4 cm³/mol. The first-order valence-corrected chi connectivity index (χ1v) is 8.08. The van der Waals surface area contributed by atoms with Gasteiger partial charge in [-0.15, -0.1) is 0 Å². The van der Waals surface area contributed by atoms with Gasteiger partial charge in [0.15, 0.2) is 0 Å². The van der Waals surface area contributed by atoms with Crippen LogP contribution in [0.1, 0.15) is 12.1 Å². The molecule has 24 heavy (non-hydrogen) atoms. The Hall–Kier alpha value is -2.99. The van der Waals surface area contributed by atoms with E-state index in [9.17, 15) is 0 Å². The topological polar surface area (TPSA) is 82.3 Å². The van der Waals surface area contributed by atoms with Gasteiger partial charge >= 0.3 is 0 Å². The summed E-state index contributed by atoms with van der Waals surface area (Å²) < 4.78 is 0. The summed E-state index contributed by atoms with van der Waals surface area (Å²) in [6.45, 7) is 1.90. The molecule has 0 radical (unpaired) electrons. The van der Waals surface area contributed by atoms with E-state index in [1.54, 1.807) is 6.20 Å². The molecule has 5 heterocycles. The number of fused-ring (bicyclic) bond motifs is 2. The highest BCUT2D eigenvalue weighted by Gasteiger charge is 2.15. The molecule has 0 amide bonds. The average Bonchev–Trinajstić information content (AvgIpc) is 3.25. The predicted octanol–water partition coefficient (Wildman–Crippen LogP) is 2.88. The standard InChI is InChI=1S/C18H16N6/c1-2-12-10-15(22-18(12)20-7-1)17-16-14(23-24-17)4-3-13(21-16)11-5-8-19-9-6-11/h1-5,7,10,19H,6,8-9H2,(H,20,22)(H,23,24). The van der Waals surface area contributed by atoms with E-state index in [1.807, 2.05) is 12.1 Å². The number of nitrogens with one attached hydrogen (secondary N) is 3. The van der Waals surface area contributed by atoms with E-state index in [0.29, 0.717) is 0 Å². The lowest BCUT2D eigenvalue weighted by Gasteiger charge is -2.13. The first-order valence-electron chi connectivity index (χ1n) is 8.08. The van der Waals surface area contributed by atoms with Crippen LogP contribution in [-0.4, -0.2) is 38.2 Å². The monoisotopic (exact) mass is 316 g/mol. The molecule has 0 spiro atoms. The van der Waals surface area contributed by atoms with Crippen molar-refractivity contribution in [1.29, 1.82) is 0 Å². The fourth-order valence-corrected chi connectivity index (χ4v) is 3.21. The number of aromatic nitrogens is 5. The van der Waals surface area contributed by atoms with Crippen LogP contribution in [0.3, 0.4) is 0 Å². The fourth-order valence-electron chi connectivity index (χ4n) is 3.21. The normalized spacial score (nSPS) is 15.1. The zero-order chi connectivity index (χ0) is 15.9. The third kappa shape index (κ3) is 2.11. The number of rotatable bonds is 2. The van der Waals surface area contributed by atoms with Gasteiger partial charge in [0.2, 0.25) is 0 Å². The highest BCUT2D eigenvalue weighted by molar-refractivity contribution is 5.93. The average molecular weight is 316 g/mol. The maximum Gasteiger partial charge on any atom is 0.137 e. The Kier molecular flexibility index (Phi) is 2.96. The quantitative estimate of drug-likeness (QED) is 0.531. The van der Waals surface area contributed by atoms with Gasteiger partial charge in [-0.05, 0) is 48.9 Å². The van der Waals surface area contributed by atoms with Crippen molar-refractivity contribution >= 4 is 27.6 Å². The summed E-state index contributed by atoms with van der Waals surface area (Å²) in [4.78, 5) is 12.6. The van der Waals surface area contributed by atoms with Crippen molar-refractivity contribution in [2.24, 2.45) is 0 Å². The summed E-state index contributed by atoms with van der Waals surface area (Å²) in [5.74, 6) is 0. The first-order chi connectivity index (χ1) is 11.9. The largest absolute Gasteiger partial charge is 0.338 e. The van der Waals surface area contributed by atoms with Crippen molar-refractivity contribution in [3.05, 3.63) is 48.3 Å². The van der Waals surface area contributed by atoms with Crippen LogP contribution in [0.25, 0.3) is 39.0 Å². The summed E-state index contributed by atoms with van der Waals surface area (Å²) in [6.07, 6.45) is 5.00. The second-order valence-corrected chi connectivity index (χ2v) is 5.97. The molecular formula is C18H16N6. The molecule has 5 rings (SSSR count). The lowest BCUT2D eigenvalue weighted by atomic mass is 10.0. The Balaban J connectivity index is 1.66. The third-order valence-corrected chi connectivity index (χ3v) is 4.45. The van der Waals surface area contributed by atoms with Gasteiger partial charge in [-0.1, -0.05) is 6.08 Å². The zero-order valence-electron chi connectivity index (χ0n) is 13.0. The fraction of sp³-hybridized carbons (Fsp3) is 0.167. The molecule has 0 bridgehead atoms. The van der Waals surface area contributed by atoms with E-state index >= 15 is 0 Å². The van der Waals surface area contributed by atoms with Crippen LogP contribution in [0, 0.1) is 0 Å². The summed E-state index contributed by atoms with van der Waals surface area (Å²) in [7, 11) is 0. The highest BCUT2D eigenvalue weighted by atomic mass is 15.1. The number of hydrogen-bond acceptors (Lipinski definition) is 4. The summed E-state index contributed by atoms with van der Waals surface area (Å²) >= 11 is 0. The van der Waals surface area contributed by atoms with Crippen molar-refractivity contribution < 1.29 is 0 Å². The molecule has 0 saturated heterocycles.